The van der Waals surface area contributed by atoms with Gasteiger partial charge in [-0.1, -0.05) is 55.5 Å². The maximum Gasteiger partial charge on any atom is 0.306 e. The van der Waals surface area contributed by atoms with Crippen LogP contribution in [-0.2, 0) is 16.1 Å². The summed E-state index contributed by atoms with van der Waals surface area (Å²) in [4.78, 5) is 16.6. The molecule has 1 aromatic heterocycles. The zero-order valence-corrected chi connectivity index (χ0v) is 16.1. The average Bonchev–Trinajstić information content (AvgIpc) is 2.67. The summed E-state index contributed by atoms with van der Waals surface area (Å²) in [5, 5.41) is 0. The van der Waals surface area contributed by atoms with E-state index in [4.69, 9.17) is 4.74 Å². The highest BCUT2D eigenvalue weighted by atomic mass is 16.5. The Hall–Kier alpha value is -2.94. The number of hydrogen-bond acceptors (Lipinski definition) is 3. The second-order valence-corrected chi connectivity index (χ2v) is 7.03. The van der Waals surface area contributed by atoms with E-state index >= 15 is 0 Å². The minimum Gasteiger partial charge on any atom is -0.461 e. The van der Waals surface area contributed by atoms with Crippen LogP contribution in [0, 0.1) is 13.8 Å². The molecule has 0 bridgehead atoms. The van der Waals surface area contributed by atoms with Crippen molar-refractivity contribution in [2.75, 3.05) is 0 Å². The number of aryl methyl sites for hydroxylation is 2. The van der Waals surface area contributed by atoms with Gasteiger partial charge in [-0.2, -0.15) is 0 Å². The summed E-state index contributed by atoms with van der Waals surface area (Å²) in [5.41, 5.74) is 6.80. The highest BCUT2D eigenvalue weighted by molar-refractivity contribution is 5.72. The Balaban J connectivity index is 1.68. The van der Waals surface area contributed by atoms with Gasteiger partial charge in [0.15, 0.2) is 0 Å². The molecular weight excluding hydrogens is 334 g/mol. The molecule has 1 heterocycles. The molecule has 1 unspecified atom stereocenters. The summed E-state index contributed by atoms with van der Waals surface area (Å²) in [5.74, 6) is -0.145. The lowest BCUT2D eigenvalue weighted by Crippen LogP contribution is -2.09. The third kappa shape index (κ3) is 4.82. The van der Waals surface area contributed by atoms with Crippen LogP contribution in [0.2, 0.25) is 0 Å². The van der Waals surface area contributed by atoms with Gasteiger partial charge < -0.3 is 4.74 Å². The number of hydrogen-bond donors (Lipinski definition) is 0. The fourth-order valence-electron chi connectivity index (χ4n) is 3.30. The van der Waals surface area contributed by atoms with Crippen molar-refractivity contribution in [3.63, 3.8) is 0 Å². The fraction of sp³-hybridized carbons (Fsp3) is 0.250. The normalized spacial score (nSPS) is 11.8. The number of rotatable bonds is 6. The molecule has 0 radical (unpaired) electrons. The molecule has 2 aromatic carbocycles. The largest absolute Gasteiger partial charge is 0.461 e. The minimum absolute atomic E-state index is 0.0463. The highest BCUT2D eigenvalue weighted by Crippen LogP contribution is 2.29. The predicted octanol–water partition coefficient (Wildman–Crippen LogP) is 5.60. The van der Waals surface area contributed by atoms with Gasteiger partial charge in [0.05, 0.1) is 6.42 Å². The molecule has 27 heavy (non-hydrogen) atoms. The van der Waals surface area contributed by atoms with E-state index < -0.39 is 0 Å². The van der Waals surface area contributed by atoms with Crippen LogP contribution < -0.4 is 0 Å². The Morgan fingerprint density at radius 1 is 1.00 bits per heavy atom. The van der Waals surface area contributed by atoms with Crippen molar-refractivity contribution >= 4 is 5.97 Å². The average molecular weight is 359 g/mol. The summed E-state index contributed by atoms with van der Waals surface area (Å²) in [6.45, 7) is 6.57. The number of carbonyl (C=O) groups excluding carboxylic acids is 1. The van der Waals surface area contributed by atoms with Crippen LogP contribution in [-0.4, -0.2) is 11.0 Å². The number of pyridine rings is 1. The fourth-order valence-corrected chi connectivity index (χ4v) is 3.30. The number of benzene rings is 2. The Kier molecular flexibility index (Phi) is 6.02. The first-order valence-corrected chi connectivity index (χ1v) is 9.25. The molecule has 1 atom stereocenters. The van der Waals surface area contributed by atoms with Gasteiger partial charge in [-0.3, -0.25) is 9.78 Å². The molecule has 138 valence electrons. The molecular formula is C24H25NO2. The van der Waals surface area contributed by atoms with Gasteiger partial charge in [0.1, 0.15) is 6.61 Å². The van der Waals surface area contributed by atoms with Crippen LogP contribution in [0.25, 0.3) is 11.1 Å². The molecule has 0 amide bonds. The third-order valence-electron chi connectivity index (χ3n) is 4.81. The van der Waals surface area contributed by atoms with Gasteiger partial charge >= 0.3 is 5.97 Å². The van der Waals surface area contributed by atoms with Crippen molar-refractivity contribution in [1.82, 2.24) is 4.98 Å². The smallest absolute Gasteiger partial charge is 0.306 e. The summed E-state index contributed by atoms with van der Waals surface area (Å²) in [7, 11) is 0. The van der Waals surface area contributed by atoms with Crippen LogP contribution in [0.5, 0.6) is 0 Å². The summed E-state index contributed by atoms with van der Waals surface area (Å²) < 4.78 is 5.41. The lowest BCUT2D eigenvalue weighted by Gasteiger charge is -2.14. The molecule has 3 heteroatoms. The summed E-state index contributed by atoms with van der Waals surface area (Å²) >= 11 is 0. The van der Waals surface area contributed by atoms with E-state index in [-0.39, 0.29) is 11.9 Å². The first kappa shape index (κ1) is 18.8. The van der Waals surface area contributed by atoms with E-state index in [1.807, 2.05) is 49.6 Å². The first-order valence-electron chi connectivity index (χ1n) is 9.25. The molecule has 0 spiro atoms. The monoisotopic (exact) mass is 359 g/mol. The zero-order valence-electron chi connectivity index (χ0n) is 16.1. The molecule has 0 saturated carbocycles. The number of ether oxygens (including phenoxy) is 1. The minimum atomic E-state index is -0.191. The van der Waals surface area contributed by atoms with E-state index in [9.17, 15) is 4.79 Å². The number of carbonyl (C=O) groups is 1. The topological polar surface area (TPSA) is 39.2 Å². The van der Waals surface area contributed by atoms with Crippen LogP contribution >= 0.6 is 0 Å². The Morgan fingerprint density at radius 3 is 2.41 bits per heavy atom. The van der Waals surface area contributed by atoms with Crippen LogP contribution in [0.1, 0.15) is 41.5 Å². The number of aromatic nitrogens is 1. The van der Waals surface area contributed by atoms with Gasteiger partial charge in [0.25, 0.3) is 0 Å². The van der Waals surface area contributed by atoms with Crippen molar-refractivity contribution in [3.05, 3.63) is 89.2 Å². The van der Waals surface area contributed by atoms with Gasteiger partial charge in [-0.05, 0) is 53.6 Å². The zero-order chi connectivity index (χ0) is 19.2. The predicted molar refractivity (Wildman–Crippen MR) is 108 cm³/mol. The molecule has 3 nitrogen and oxygen atoms in total. The van der Waals surface area contributed by atoms with Gasteiger partial charge in [-0.25, -0.2) is 0 Å². The van der Waals surface area contributed by atoms with E-state index in [0.29, 0.717) is 13.0 Å². The van der Waals surface area contributed by atoms with E-state index in [2.05, 4.69) is 43.1 Å². The van der Waals surface area contributed by atoms with Crippen molar-refractivity contribution in [2.45, 2.75) is 39.7 Å². The van der Waals surface area contributed by atoms with E-state index in [1.54, 1.807) is 0 Å². The molecule has 0 aliphatic rings. The van der Waals surface area contributed by atoms with Crippen molar-refractivity contribution < 1.29 is 9.53 Å². The van der Waals surface area contributed by atoms with E-state index in [1.165, 1.54) is 16.7 Å². The summed E-state index contributed by atoms with van der Waals surface area (Å²) in [6.07, 6.45) is 4.07. The van der Waals surface area contributed by atoms with Crippen LogP contribution in [0.15, 0.2) is 67.0 Å². The van der Waals surface area contributed by atoms with Gasteiger partial charge in [0, 0.05) is 18.0 Å². The van der Waals surface area contributed by atoms with Crippen molar-refractivity contribution in [1.29, 1.82) is 0 Å². The van der Waals surface area contributed by atoms with E-state index in [0.717, 1.165) is 16.7 Å². The SMILES string of the molecule is Cc1cccc(C)c1-c1cncc(C(C)CC(=O)OCc2ccccc2)c1. The molecule has 0 saturated heterocycles. The Bertz CT molecular complexity index is 898. The quantitative estimate of drug-likeness (QED) is 0.538. The molecule has 0 N–H and O–H groups in total. The second kappa shape index (κ2) is 8.63. The second-order valence-electron chi connectivity index (χ2n) is 7.03. The lowest BCUT2D eigenvalue weighted by molar-refractivity contribution is -0.145. The standard InChI is InChI=1S/C24H25NO2/c1-17-8-7-9-18(2)24(17)22-13-21(14-25-15-22)19(3)12-23(26)27-16-20-10-5-4-6-11-20/h4-11,13-15,19H,12,16H2,1-3H3. The van der Waals surface area contributed by atoms with Crippen LogP contribution in [0.3, 0.4) is 0 Å². The lowest BCUT2D eigenvalue weighted by atomic mass is 9.93. The van der Waals surface area contributed by atoms with Gasteiger partial charge in [0.2, 0.25) is 0 Å². The third-order valence-corrected chi connectivity index (χ3v) is 4.81. The van der Waals surface area contributed by atoms with Crippen molar-refractivity contribution in [2.24, 2.45) is 0 Å². The molecule has 3 aromatic rings. The maximum absolute atomic E-state index is 12.2. The molecule has 0 fully saturated rings. The van der Waals surface area contributed by atoms with Crippen LogP contribution in [0.4, 0.5) is 0 Å². The van der Waals surface area contributed by atoms with Gasteiger partial charge in [-0.15, -0.1) is 0 Å². The maximum atomic E-state index is 12.2. The Morgan fingerprint density at radius 2 is 1.70 bits per heavy atom. The number of nitrogens with zero attached hydrogens (tertiary/aromatic N) is 1. The number of esters is 1. The molecule has 0 aliphatic carbocycles. The molecule has 3 rings (SSSR count). The van der Waals surface area contributed by atoms with Crippen molar-refractivity contribution in [3.8, 4) is 11.1 Å². The Labute approximate surface area is 161 Å². The molecule has 0 aliphatic heterocycles. The first-order chi connectivity index (χ1) is 13.0. The highest BCUT2D eigenvalue weighted by Gasteiger charge is 2.15. The summed E-state index contributed by atoms with van der Waals surface area (Å²) in [6, 6.07) is 18.2.